The van der Waals surface area contributed by atoms with Crippen LogP contribution in [0.3, 0.4) is 0 Å². The maximum Gasteiger partial charge on any atom is 0.254 e. The molecule has 8 heteroatoms. The summed E-state index contributed by atoms with van der Waals surface area (Å²) in [6.07, 6.45) is 2.34. The Hall–Kier alpha value is -3.78. The van der Waals surface area contributed by atoms with E-state index in [-0.39, 0.29) is 23.7 Å². The number of thiophene rings is 1. The van der Waals surface area contributed by atoms with Gasteiger partial charge in [0.2, 0.25) is 11.3 Å². The Kier molecular flexibility index (Phi) is 5.98. The van der Waals surface area contributed by atoms with Crippen LogP contribution in [0.5, 0.6) is 0 Å². The Bertz CT molecular complexity index is 1460. The first-order valence-electron chi connectivity index (χ1n) is 11.2. The Balaban J connectivity index is 1.28. The fourth-order valence-corrected chi connectivity index (χ4v) is 5.24. The van der Waals surface area contributed by atoms with Crippen LogP contribution in [0.15, 0.2) is 64.9 Å². The highest BCUT2D eigenvalue weighted by Crippen LogP contribution is 2.27. The van der Waals surface area contributed by atoms with Gasteiger partial charge in [0.15, 0.2) is 0 Å². The van der Waals surface area contributed by atoms with E-state index in [1.165, 1.54) is 16.6 Å². The Morgan fingerprint density at radius 3 is 2.85 bits per heavy atom. The van der Waals surface area contributed by atoms with E-state index in [4.69, 9.17) is 0 Å². The summed E-state index contributed by atoms with van der Waals surface area (Å²) in [6, 6.07) is 14.7. The number of nitrogens with zero attached hydrogens (tertiary/aromatic N) is 3. The number of anilines is 1. The molecule has 0 spiro atoms. The molecule has 0 fully saturated rings. The van der Waals surface area contributed by atoms with E-state index in [9.17, 15) is 14.4 Å². The van der Waals surface area contributed by atoms with Gasteiger partial charge in [-0.15, -0.1) is 11.3 Å². The van der Waals surface area contributed by atoms with E-state index in [2.05, 4.69) is 21.9 Å². The zero-order valence-corrected chi connectivity index (χ0v) is 19.6. The van der Waals surface area contributed by atoms with Gasteiger partial charge in [-0.25, -0.2) is 0 Å². The van der Waals surface area contributed by atoms with Crippen molar-refractivity contribution >= 4 is 39.7 Å². The highest BCUT2D eigenvalue weighted by molar-refractivity contribution is 7.10. The average molecular weight is 473 g/mol. The summed E-state index contributed by atoms with van der Waals surface area (Å²) >= 11 is 1.74. The molecule has 34 heavy (non-hydrogen) atoms. The molecule has 172 valence electrons. The predicted molar refractivity (Wildman–Crippen MR) is 133 cm³/mol. The number of aromatic nitrogens is 2. The summed E-state index contributed by atoms with van der Waals surface area (Å²) in [5.41, 5.74) is 3.75. The molecule has 2 amide bonds. The van der Waals surface area contributed by atoms with Crippen molar-refractivity contribution in [3.63, 3.8) is 0 Å². The normalized spacial score (nSPS) is 13.0. The summed E-state index contributed by atoms with van der Waals surface area (Å²) < 4.78 is 1.66. The van der Waals surface area contributed by atoms with E-state index in [1.807, 2.05) is 36.1 Å². The number of rotatable bonds is 5. The lowest BCUT2D eigenvalue weighted by atomic mass is 10.0. The van der Waals surface area contributed by atoms with Gasteiger partial charge in [0.05, 0.1) is 18.3 Å². The lowest BCUT2D eigenvalue weighted by Gasteiger charge is -2.28. The van der Waals surface area contributed by atoms with E-state index in [0.29, 0.717) is 41.8 Å². The fourth-order valence-electron chi connectivity index (χ4n) is 4.35. The Morgan fingerprint density at radius 1 is 1.12 bits per heavy atom. The van der Waals surface area contributed by atoms with E-state index >= 15 is 0 Å². The molecule has 5 rings (SSSR count). The third-order valence-corrected chi connectivity index (χ3v) is 7.27. The zero-order chi connectivity index (χ0) is 23.7. The number of nitrogens with one attached hydrogen (secondary N) is 1. The molecule has 1 N–H and O–H groups in total. The third kappa shape index (κ3) is 4.24. The molecule has 0 bridgehead atoms. The number of para-hydroxylation sites is 1. The van der Waals surface area contributed by atoms with E-state index in [0.717, 1.165) is 12.0 Å². The van der Waals surface area contributed by atoms with Crippen molar-refractivity contribution in [1.29, 1.82) is 0 Å². The van der Waals surface area contributed by atoms with Crippen molar-refractivity contribution in [2.45, 2.75) is 32.9 Å². The highest BCUT2D eigenvalue weighted by atomic mass is 32.1. The molecule has 7 nitrogen and oxygen atoms in total. The standard InChI is InChI=1S/C26H24N4O3S/c1-17-19(26(33)29-12-9-24-18(16-29)11-14-34-24)6-4-7-21(17)28-25(32)10-13-30-22-8-3-2-5-20(22)23(31)15-27-30/h2-8,11,14-15H,9-10,12-13,16H2,1H3,(H,28,32). The molecule has 2 aromatic heterocycles. The summed E-state index contributed by atoms with van der Waals surface area (Å²) in [5.74, 6) is -0.201. The van der Waals surface area contributed by atoms with Crippen LogP contribution in [0.25, 0.3) is 10.9 Å². The first-order valence-corrected chi connectivity index (χ1v) is 12.1. The second-order valence-corrected chi connectivity index (χ2v) is 9.37. The van der Waals surface area contributed by atoms with Gasteiger partial charge in [0, 0.05) is 41.0 Å². The lowest BCUT2D eigenvalue weighted by molar-refractivity contribution is -0.116. The minimum Gasteiger partial charge on any atom is -0.334 e. The van der Waals surface area contributed by atoms with Crippen LogP contribution in [-0.4, -0.2) is 33.0 Å². The Morgan fingerprint density at radius 2 is 1.97 bits per heavy atom. The molecule has 0 radical (unpaired) electrons. The van der Waals surface area contributed by atoms with E-state index < -0.39 is 0 Å². The average Bonchev–Trinajstić information content (AvgIpc) is 3.33. The molecule has 0 saturated heterocycles. The van der Waals surface area contributed by atoms with Gasteiger partial charge in [-0.1, -0.05) is 18.2 Å². The smallest absolute Gasteiger partial charge is 0.254 e. The number of aryl methyl sites for hydroxylation is 1. The predicted octanol–water partition coefficient (Wildman–Crippen LogP) is 3.99. The van der Waals surface area contributed by atoms with Gasteiger partial charge < -0.3 is 10.2 Å². The van der Waals surface area contributed by atoms with Crippen molar-refractivity contribution < 1.29 is 9.59 Å². The number of hydrogen-bond donors (Lipinski definition) is 1. The molecule has 0 aliphatic carbocycles. The third-order valence-electron chi connectivity index (χ3n) is 6.25. The quantitative estimate of drug-likeness (QED) is 0.476. The molecular formula is C26H24N4O3S. The molecule has 2 aromatic carbocycles. The van der Waals surface area contributed by atoms with Gasteiger partial charge >= 0.3 is 0 Å². The zero-order valence-electron chi connectivity index (χ0n) is 18.8. The summed E-state index contributed by atoms with van der Waals surface area (Å²) in [7, 11) is 0. The van der Waals surface area contributed by atoms with Crippen LogP contribution in [0.4, 0.5) is 5.69 Å². The second-order valence-electron chi connectivity index (χ2n) is 8.37. The van der Waals surface area contributed by atoms with Crippen molar-refractivity contribution in [3.8, 4) is 0 Å². The SMILES string of the molecule is Cc1c(NC(=O)CCn2ncc(=O)c3ccccc32)cccc1C(=O)N1CCc2sccc2C1. The van der Waals surface area contributed by atoms with Gasteiger partial charge in [0.25, 0.3) is 5.91 Å². The monoisotopic (exact) mass is 472 g/mol. The summed E-state index contributed by atoms with van der Waals surface area (Å²) in [6.45, 7) is 3.51. The van der Waals surface area contributed by atoms with E-state index in [1.54, 1.807) is 34.2 Å². The minimum absolute atomic E-state index is 0.0191. The van der Waals surface area contributed by atoms with Crippen LogP contribution >= 0.6 is 11.3 Å². The van der Waals surface area contributed by atoms with Gasteiger partial charge in [-0.3, -0.25) is 19.1 Å². The van der Waals surface area contributed by atoms with Crippen LogP contribution in [0, 0.1) is 6.92 Å². The van der Waals surface area contributed by atoms with Gasteiger partial charge in [-0.05, 0) is 60.2 Å². The van der Waals surface area contributed by atoms with Crippen molar-refractivity contribution in [2.24, 2.45) is 0 Å². The number of amides is 2. The first-order chi connectivity index (χ1) is 16.5. The number of carbonyl (C=O) groups is 2. The maximum absolute atomic E-state index is 13.2. The minimum atomic E-state index is -0.182. The first kappa shape index (κ1) is 22.0. The van der Waals surface area contributed by atoms with Crippen molar-refractivity contribution in [1.82, 2.24) is 14.7 Å². The van der Waals surface area contributed by atoms with Crippen LogP contribution < -0.4 is 10.7 Å². The number of benzene rings is 2. The summed E-state index contributed by atoms with van der Waals surface area (Å²) in [4.78, 5) is 41.2. The van der Waals surface area contributed by atoms with Crippen LogP contribution in [-0.2, 0) is 24.3 Å². The van der Waals surface area contributed by atoms with Gasteiger partial charge in [-0.2, -0.15) is 5.10 Å². The molecule has 0 saturated carbocycles. The fraction of sp³-hybridized carbons (Fsp3) is 0.231. The highest BCUT2D eigenvalue weighted by Gasteiger charge is 2.24. The molecule has 0 unspecified atom stereocenters. The molecule has 4 aromatic rings. The molecular weight excluding hydrogens is 448 g/mol. The van der Waals surface area contributed by atoms with Gasteiger partial charge in [0.1, 0.15) is 0 Å². The topological polar surface area (TPSA) is 84.3 Å². The second kappa shape index (κ2) is 9.23. The molecule has 3 heterocycles. The number of hydrogen-bond acceptors (Lipinski definition) is 5. The Labute approximate surface area is 200 Å². The lowest BCUT2D eigenvalue weighted by Crippen LogP contribution is -2.35. The molecule has 0 atom stereocenters. The van der Waals surface area contributed by atoms with Crippen molar-refractivity contribution in [3.05, 3.63) is 91.9 Å². The van der Waals surface area contributed by atoms with Crippen molar-refractivity contribution in [2.75, 3.05) is 11.9 Å². The number of fused-ring (bicyclic) bond motifs is 2. The van der Waals surface area contributed by atoms with Crippen LogP contribution in [0.2, 0.25) is 0 Å². The summed E-state index contributed by atoms with van der Waals surface area (Å²) in [5, 5.41) is 9.77. The van der Waals surface area contributed by atoms with Crippen LogP contribution in [0.1, 0.15) is 32.8 Å². The molecule has 1 aliphatic heterocycles. The number of carbonyl (C=O) groups excluding carboxylic acids is 2. The molecule has 1 aliphatic rings. The maximum atomic E-state index is 13.2. The largest absolute Gasteiger partial charge is 0.334 e.